The zero-order chi connectivity index (χ0) is 11.4. The van der Waals surface area contributed by atoms with Crippen LogP contribution in [0.1, 0.15) is 30.0 Å². The zero-order valence-electron chi connectivity index (χ0n) is 9.62. The summed E-state index contributed by atoms with van der Waals surface area (Å²) in [6.45, 7) is 3.99. The Balaban J connectivity index is 1.64. The molecule has 1 aromatic rings. The van der Waals surface area contributed by atoms with Crippen LogP contribution in [0.5, 0.6) is 0 Å². The van der Waals surface area contributed by atoms with Crippen molar-refractivity contribution in [2.75, 3.05) is 13.1 Å². The van der Waals surface area contributed by atoms with Crippen LogP contribution in [0.25, 0.3) is 0 Å². The first-order chi connectivity index (χ1) is 7.74. The number of rotatable bonds is 6. The van der Waals surface area contributed by atoms with Gasteiger partial charge in [0.2, 0.25) is 0 Å². The van der Waals surface area contributed by atoms with Crippen LogP contribution in [0, 0.1) is 23.7 Å². The van der Waals surface area contributed by atoms with Crippen molar-refractivity contribution in [2.45, 2.75) is 32.6 Å². The fourth-order valence-corrected chi connectivity index (χ4v) is 2.50. The molecule has 0 atom stereocenters. The molecule has 2 rings (SSSR count). The van der Waals surface area contributed by atoms with Crippen molar-refractivity contribution in [1.82, 2.24) is 10.3 Å². The molecule has 1 aliphatic rings. The topological polar surface area (TPSA) is 48.7 Å². The molecule has 0 aliphatic heterocycles. The van der Waals surface area contributed by atoms with E-state index in [0.29, 0.717) is 11.8 Å². The third-order valence-electron chi connectivity index (χ3n) is 3.14. The zero-order valence-corrected chi connectivity index (χ0v) is 10.4. The van der Waals surface area contributed by atoms with Gasteiger partial charge in [-0.15, -0.1) is 11.3 Å². The molecule has 0 saturated heterocycles. The van der Waals surface area contributed by atoms with Crippen LogP contribution < -0.4 is 5.32 Å². The Hall–Kier alpha value is -0.920. The van der Waals surface area contributed by atoms with Crippen molar-refractivity contribution in [1.29, 1.82) is 5.26 Å². The molecule has 4 heteroatoms. The molecule has 0 bridgehead atoms. The molecule has 1 aromatic heterocycles. The first kappa shape index (κ1) is 11.6. The Morgan fingerprint density at radius 3 is 3.00 bits per heavy atom. The maximum Gasteiger partial charge on any atom is 0.0897 e. The van der Waals surface area contributed by atoms with Crippen LogP contribution in [-0.4, -0.2) is 18.1 Å². The van der Waals surface area contributed by atoms with E-state index in [0.717, 1.165) is 24.5 Å². The molecule has 0 aromatic carbocycles. The maximum absolute atomic E-state index is 8.69. The van der Waals surface area contributed by atoms with Crippen molar-refractivity contribution in [3.8, 4) is 6.07 Å². The molecule has 0 spiro atoms. The van der Waals surface area contributed by atoms with Gasteiger partial charge in [0.1, 0.15) is 0 Å². The molecule has 16 heavy (non-hydrogen) atoms. The molecule has 0 unspecified atom stereocenters. The summed E-state index contributed by atoms with van der Waals surface area (Å²) in [4.78, 5) is 4.42. The van der Waals surface area contributed by atoms with Crippen molar-refractivity contribution >= 4 is 11.3 Å². The molecule has 1 N–H and O–H groups in total. The van der Waals surface area contributed by atoms with Crippen molar-refractivity contribution in [3.63, 3.8) is 0 Å². The summed E-state index contributed by atoms with van der Waals surface area (Å²) in [5, 5.41) is 15.4. The molecule has 1 saturated carbocycles. The lowest BCUT2D eigenvalue weighted by Crippen LogP contribution is -2.25. The van der Waals surface area contributed by atoms with Gasteiger partial charge in [0.05, 0.1) is 16.8 Å². The molecule has 0 radical (unpaired) electrons. The quantitative estimate of drug-likeness (QED) is 0.770. The second-order valence-corrected chi connectivity index (χ2v) is 5.68. The van der Waals surface area contributed by atoms with Gasteiger partial charge in [-0.3, -0.25) is 0 Å². The van der Waals surface area contributed by atoms with Gasteiger partial charge in [-0.05, 0) is 25.2 Å². The predicted molar refractivity (Wildman–Crippen MR) is 65.3 cm³/mol. The summed E-state index contributed by atoms with van der Waals surface area (Å²) in [6, 6.07) is 2.28. The summed E-state index contributed by atoms with van der Waals surface area (Å²) in [6.07, 6.45) is 4.12. The van der Waals surface area contributed by atoms with Crippen LogP contribution >= 0.6 is 11.3 Å². The van der Waals surface area contributed by atoms with E-state index in [1.165, 1.54) is 18.5 Å². The van der Waals surface area contributed by atoms with Gasteiger partial charge in [-0.1, -0.05) is 0 Å². The van der Waals surface area contributed by atoms with E-state index >= 15 is 0 Å². The highest BCUT2D eigenvalue weighted by Gasteiger charge is 2.41. The Kier molecular flexibility index (Phi) is 3.57. The summed E-state index contributed by atoms with van der Waals surface area (Å²) in [5.41, 5.74) is 1.49. The summed E-state index contributed by atoms with van der Waals surface area (Å²) in [7, 11) is 0. The van der Waals surface area contributed by atoms with E-state index in [4.69, 9.17) is 5.26 Å². The minimum atomic E-state index is 0.312. The largest absolute Gasteiger partial charge is 0.316 e. The summed E-state index contributed by atoms with van der Waals surface area (Å²) in [5.74, 6) is 0. The lowest BCUT2D eigenvalue weighted by Gasteiger charge is -2.11. The first-order valence-electron chi connectivity index (χ1n) is 5.73. The standard InChI is InChI=1S/C12H17N3S/c1-10-15-11(8-16-10)2-7-14-9-12(3-4-12)5-6-13/h8,14H,2-5,7,9H2,1H3. The first-order valence-corrected chi connectivity index (χ1v) is 6.61. The average Bonchev–Trinajstić information content (AvgIpc) is 2.90. The lowest BCUT2D eigenvalue weighted by molar-refractivity contribution is 0.468. The second kappa shape index (κ2) is 4.94. The van der Waals surface area contributed by atoms with E-state index < -0.39 is 0 Å². The molecule has 86 valence electrons. The second-order valence-electron chi connectivity index (χ2n) is 4.62. The van der Waals surface area contributed by atoms with Gasteiger partial charge in [-0.2, -0.15) is 5.26 Å². The van der Waals surface area contributed by atoms with Gasteiger partial charge < -0.3 is 5.32 Å². The third-order valence-corrected chi connectivity index (χ3v) is 3.96. The number of nitriles is 1. The molecule has 0 amide bonds. The maximum atomic E-state index is 8.69. The van der Waals surface area contributed by atoms with Crippen molar-refractivity contribution in [3.05, 3.63) is 16.1 Å². The summed E-state index contributed by atoms with van der Waals surface area (Å²) >= 11 is 1.71. The Morgan fingerprint density at radius 2 is 2.44 bits per heavy atom. The average molecular weight is 235 g/mol. The molecule has 1 aliphatic carbocycles. The van der Waals surface area contributed by atoms with Crippen molar-refractivity contribution in [2.24, 2.45) is 5.41 Å². The highest BCUT2D eigenvalue weighted by atomic mass is 32.1. The van der Waals surface area contributed by atoms with E-state index in [-0.39, 0.29) is 0 Å². The number of nitrogens with one attached hydrogen (secondary N) is 1. The highest BCUT2D eigenvalue weighted by molar-refractivity contribution is 7.09. The molecule has 1 heterocycles. The number of thiazole rings is 1. The van der Waals surface area contributed by atoms with Gasteiger partial charge in [0.15, 0.2) is 0 Å². The lowest BCUT2D eigenvalue weighted by atomic mass is 10.0. The van der Waals surface area contributed by atoms with Crippen LogP contribution in [0.2, 0.25) is 0 Å². The third kappa shape index (κ3) is 3.03. The van der Waals surface area contributed by atoms with Crippen LogP contribution in [0.15, 0.2) is 5.38 Å². The molecular weight excluding hydrogens is 218 g/mol. The summed E-state index contributed by atoms with van der Waals surface area (Å²) < 4.78 is 0. The predicted octanol–water partition coefficient (Wildman–Crippen LogP) is 2.28. The van der Waals surface area contributed by atoms with E-state index in [1.807, 2.05) is 6.92 Å². The Bertz CT molecular complexity index is 387. The SMILES string of the molecule is Cc1nc(CCNCC2(CC#N)CC2)cs1. The number of aryl methyl sites for hydroxylation is 1. The number of aromatic nitrogens is 1. The van der Waals surface area contributed by atoms with E-state index in [2.05, 4.69) is 21.8 Å². The number of nitrogens with zero attached hydrogens (tertiary/aromatic N) is 2. The minimum Gasteiger partial charge on any atom is -0.316 e. The number of hydrogen-bond donors (Lipinski definition) is 1. The van der Waals surface area contributed by atoms with Crippen LogP contribution in [-0.2, 0) is 6.42 Å². The fourth-order valence-electron chi connectivity index (χ4n) is 1.85. The normalized spacial score (nSPS) is 17.0. The van der Waals surface area contributed by atoms with Gasteiger partial charge >= 0.3 is 0 Å². The monoisotopic (exact) mass is 235 g/mol. The van der Waals surface area contributed by atoms with Crippen LogP contribution in [0.3, 0.4) is 0 Å². The van der Waals surface area contributed by atoms with Gasteiger partial charge in [0, 0.05) is 31.3 Å². The molecule has 3 nitrogen and oxygen atoms in total. The smallest absolute Gasteiger partial charge is 0.0897 e. The fraction of sp³-hybridized carbons (Fsp3) is 0.667. The minimum absolute atomic E-state index is 0.312. The van der Waals surface area contributed by atoms with Gasteiger partial charge in [-0.25, -0.2) is 4.98 Å². The molecular formula is C12H17N3S. The van der Waals surface area contributed by atoms with Gasteiger partial charge in [0.25, 0.3) is 0 Å². The molecule has 1 fully saturated rings. The van der Waals surface area contributed by atoms with Crippen LogP contribution in [0.4, 0.5) is 0 Å². The van der Waals surface area contributed by atoms with E-state index in [9.17, 15) is 0 Å². The number of hydrogen-bond acceptors (Lipinski definition) is 4. The Labute approximate surface area is 101 Å². The van der Waals surface area contributed by atoms with Crippen molar-refractivity contribution < 1.29 is 0 Å². The highest BCUT2D eigenvalue weighted by Crippen LogP contribution is 2.47. The van der Waals surface area contributed by atoms with E-state index in [1.54, 1.807) is 11.3 Å². The Morgan fingerprint density at radius 1 is 1.62 bits per heavy atom.